The van der Waals surface area contributed by atoms with Crippen molar-refractivity contribution in [1.29, 1.82) is 0 Å². The number of hydrogen-bond donors (Lipinski definition) is 0. The predicted molar refractivity (Wildman–Crippen MR) is 69.1 cm³/mol. The van der Waals surface area contributed by atoms with Crippen LogP contribution in [-0.2, 0) is 0 Å². The second-order valence-electron chi connectivity index (χ2n) is 3.84. The first-order chi connectivity index (χ1) is 8.65. The van der Waals surface area contributed by atoms with Crippen molar-refractivity contribution in [2.45, 2.75) is 6.92 Å². The van der Waals surface area contributed by atoms with Crippen molar-refractivity contribution in [1.82, 2.24) is 0 Å². The van der Waals surface area contributed by atoms with Crippen molar-refractivity contribution in [3.63, 3.8) is 0 Å². The average molecular weight is 260 g/mol. The molecule has 3 heterocycles. The molecule has 0 fully saturated rings. The second-order valence-corrected chi connectivity index (χ2v) is 4.79. The van der Waals surface area contributed by atoms with E-state index in [4.69, 9.17) is 8.83 Å². The normalized spacial score (nSPS) is 10.9. The largest absolute Gasteiger partial charge is 0.428 e. The zero-order chi connectivity index (χ0) is 12.7. The molecule has 0 aromatic carbocycles. The smallest absolute Gasteiger partial charge is 0.347 e. The van der Waals surface area contributed by atoms with E-state index in [0.29, 0.717) is 16.7 Å². The van der Waals surface area contributed by atoms with Gasteiger partial charge >= 0.3 is 11.3 Å². The molecule has 0 unspecified atom stereocenters. The molecule has 0 saturated carbocycles. The maximum absolute atomic E-state index is 11.9. The molecular weight excluding hydrogens is 252 g/mol. The first-order valence-corrected chi connectivity index (χ1v) is 6.15. The summed E-state index contributed by atoms with van der Waals surface area (Å²) >= 11 is 1.45. The molecule has 0 amide bonds. The van der Waals surface area contributed by atoms with Crippen LogP contribution in [0.3, 0.4) is 0 Å². The Kier molecular flexibility index (Phi) is 2.41. The first-order valence-electron chi connectivity index (χ1n) is 5.27. The van der Waals surface area contributed by atoms with Crippen LogP contribution in [0.15, 0.2) is 48.1 Å². The second kappa shape index (κ2) is 3.96. The lowest BCUT2D eigenvalue weighted by molar-refractivity contribution is 0.479. The Balaban J connectivity index is 2.52. The third-order valence-corrected chi connectivity index (χ3v) is 3.47. The van der Waals surface area contributed by atoms with Gasteiger partial charge in [-0.3, -0.25) is 0 Å². The van der Waals surface area contributed by atoms with Crippen LogP contribution in [-0.4, -0.2) is 0 Å². The summed E-state index contributed by atoms with van der Waals surface area (Å²) in [5, 5.41) is 2.19. The molecule has 90 valence electrons. The molecule has 0 saturated heterocycles. The minimum Gasteiger partial charge on any atom is -0.428 e. The molecule has 0 aliphatic heterocycles. The Morgan fingerprint density at radius 1 is 1.17 bits per heavy atom. The third kappa shape index (κ3) is 1.69. The zero-order valence-electron chi connectivity index (χ0n) is 9.43. The van der Waals surface area contributed by atoms with Gasteiger partial charge in [0.2, 0.25) is 0 Å². The molecule has 0 N–H and O–H groups in total. The fourth-order valence-corrected chi connectivity index (χ4v) is 2.61. The van der Waals surface area contributed by atoms with Gasteiger partial charge in [0.15, 0.2) is 0 Å². The fourth-order valence-electron chi connectivity index (χ4n) is 1.86. The highest BCUT2D eigenvalue weighted by Gasteiger charge is 2.13. The van der Waals surface area contributed by atoms with E-state index in [1.807, 2.05) is 17.5 Å². The molecule has 0 bridgehead atoms. The maximum Gasteiger partial charge on any atom is 0.347 e. The number of thiophene rings is 1. The minimum absolute atomic E-state index is 0.264. The van der Waals surface area contributed by atoms with E-state index in [0.717, 1.165) is 4.88 Å². The SMILES string of the molecule is Cc1cc2oc(=O)cc(-c3cccs3)c2c(=O)o1. The van der Waals surface area contributed by atoms with Crippen molar-refractivity contribution in [3.05, 3.63) is 56.2 Å². The van der Waals surface area contributed by atoms with Gasteiger partial charge in [0.05, 0.1) is 0 Å². The van der Waals surface area contributed by atoms with E-state index in [-0.39, 0.29) is 5.58 Å². The molecule has 0 aliphatic rings. The van der Waals surface area contributed by atoms with Crippen molar-refractivity contribution < 1.29 is 8.83 Å². The Morgan fingerprint density at radius 2 is 2.00 bits per heavy atom. The molecular formula is C13H8O4S. The van der Waals surface area contributed by atoms with Gasteiger partial charge in [0.25, 0.3) is 0 Å². The summed E-state index contributed by atoms with van der Waals surface area (Å²) in [7, 11) is 0. The summed E-state index contributed by atoms with van der Waals surface area (Å²) in [6.07, 6.45) is 0. The highest BCUT2D eigenvalue weighted by Crippen LogP contribution is 2.28. The lowest BCUT2D eigenvalue weighted by Crippen LogP contribution is -2.06. The molecule has 0 radical (unpaired) electrons. The van der Waals surface area contributed by atoms with Crippen LogP contribution in [0.1, 0.15) is 5.76 Å². The van der Waals surface area contributed by atoms with Gasteiger partial charge < -0.3 is 8.83 Å². The Hall–Kier alpha value is -2.14. The van der Waals surface area contributed by atoms with Gasteiger partial charge in [-0.2, -0.15) is 0 Å². The molecule has 4 nitrogen and oxygen atoms in total. The Bertz CT molecular complexity index is 824. The Morgan fingerprint density at radius 3 is 2.72 bits per heavy atom. The van der Waals surface area contributed by atoms with Crippen molar-refractivity contribution in [3.8, 4) is 10.4 Å². The molecule has 3 aromatic rings. The highest BCUT2D eigenvalue weighted by atomic mass is 32.1. The zero-order valence-corrected chi connectivity index (χ0v) is 10.2. The van der Waals surface area contributed by atoms with Crippen LogP contribution < -0.4 is 11.3 Å². The van der Waals surface area contributed by atoms with E-state index in [2.05, 4.69) is 0 Å². The minimum atomic E-state index is -0.489. The van der Waals surface area contributed by atoms with Crippen LogP contribution in [0.2, 0.25) is 0 Å². The van der Waals surface area contributed by atoms with Gasteiger partial charge in [-0.25, -0.2) is 9.59 Å². The molecule has 18 heavy (non-hydrogen) atoms. The summed E-state index contributed by atoms with van der Waals surface area (Å²) in [5.41, 5.74) is -0.141. The summed E-state index contributed by atoms with van der Waals surface area (Å²) < 4.78 is 10.1. The van der Waals surface area contributed by atoms with E-state index >= 15 is 0 Å². The molecule has 3 rings (SSSR count). The summed E-state index contributed by atoms with van der Waals surface area (Å²) in [4.78, 5) is 24.3. The summed E-state index contributed by atoms with van der Waals surface area (Å²) in [5.74, 6) is 0.416. The summed E-state index contributed by atoms with van der Waals surface area (Å²) in [6.45, 7) is 1.64. The lowest BCUT2D eigenvalue weighted by atomic mass is 10.1. The van der Waals surface area contributed by atoms with Crippen molar-refractivity contribution in [2.24, 2.45) is 0 Å². The van der Waals surface area contributed by atoms with E-state index in [1.165, 1.54) is 17.4 Å². The van der Waals surface area contributed by atoms with Crippen LogP contribution in [0.25, 0.3) is 21.4 Å². The lowest BCUT2D eigenvalue weighted by Gasteiger charge is -2.02. The third-order valence-electron chi connectivity index (χ3n) is 2.57. The van der Waals surface area contributed by atoms with Gasteiger partial charge in [-0.05, 0) is 18.4 Å². The van der Waals surface area contributed by atoms with Gasteiger partial charge in [-0.15, -0.1) is 11.3 Å². The van der Waals surface area contributed by atoms with Crippen LogP contribution in [0, 0.1) is 6.92 Å². The quantitative estimate of drug-likeness (QED) is 0.675. The maximum atomic E-state index is 11.9. The first kappa shape index (κ1) is 11.0. The van der Waals surface area contributed by atoms with Crippen molar-refractivity contribution in [2.75, 3.05) is 0 Å². The van der Waals surface area contributed by atoms with Gasteiger partial charge in [0, 0.05) is 22.6 Å². The number of hydrogen-bond acceptors (Lipinski definition) is 5. The Labute approximate surface area is 105 Å². The highest BCUT2D eigenvalue weighted by molar-refractivity contribution is 7.13. The predicted octanol–water partition coefficient (Wildman–Crippen LogP) is 2.78. The van der Waals surface area contributed by atoms with E-state index < -0.39 is 11.3 Å². The van der Waals surface area contributed by atoms with Gasteiger partial charge in [-0.1, -0.05) is 6.07 Å². The van der Waals surface area contributed by atoms with E-state index in [9.17, 15) is 9.59 Å². The molecule has 0 aliphatic carbocycles. The topological polar surface area (TPSA) is 60.4 Å². The molecule has 3 aromatic heterocycles. The number of rotatable bonds is 1. The molecule has 5 heteroatoms. The molecule has 0 spiro atoms. The van der Waals surface area contributed by atoms with Crippen LogP contribution in [0.4, 0.5) is 0 Å². The molecule has 0 atom stereocenters. The summed E-state index contributed by atoms with van der Waals surface area (Å²) in [6, 6.07) is 6.57. The van der Waals surface area contributed by atoms with Crippen LogP contribution in [0.5, 0.6) is 0 Å². The van der Waals surface area contributed by atoms with Crippen LogP contribution >= 0.6 is 11.3 Å². The monoisotopic (exact) mass is 260 g/mol. The number of fused-ring (bicyclic) bond motifs is 1. The van der Waals surface area contributed by atoms with Gasteiger partial charge in [0.1, 0.15) is 16.7 Å². The van der Waals surface area contributed by atoms with Crippen molar-refractivity contribution >= 4 is 22.3 Å². The standard InChI is InChI=1S/C13H8O4S/c1-7-5-9-12(13(15)16-7)8(6-11(14)17-9)10-3-2-4-18-10/h2-6H,1H3. The number of aryl methyl sites for hydroxylation is 1. The van der Waals surface area contributed by atoms with E-state index in [1.54, 1.807) is 13.0 Å². The fraction of sp³-hybridized carbons (Fsp3) is 0.0769. The average Bonchev–Trinajstić information content (AvgIpc) is 2.79.